The molecule has 2 N–H and O–H groups in total. The fourth-order valence-corrected chi connectivity index (χ4v) is 10.9. The summed E-state index contributed by atoms with van der Waals surface area (Å²) in [5, 5.41) is 5.52. The van der Waals surface area contributed by atoms with Gasteiger partial charge in [-0.15, -0.1) is 0 Å². The van der Waals surface area contributed by atoms with E-state index in [1.54, 1.807) is 0 Å². The lowest BCUT2D eigenvalue weighted by Crippen LogP contribution is -2.69. The molecular weight excluding hydrogens is 1100 g/mol. The number of nitrogens with one attached hydrogen (secondary N) is 2. The summed E-state index contributed by atoms with van der Waals surface area (Å²) in [6, 6.07) is 21.7. The van der Waals surface area contributed by atoms with E-state index >= 15 is 0 Å². The molecule has 0 spiro atoms. The van der Waals surface area contributed by atoms with Gasteiger partial charge in [-0.3, -0.25) is 38.4 Å². The van der Waals surface area contributed by atoms with Crippen molar-refractivity contribution in [3.8, 4) is 0 Å². The third-order valence-electron chi connectivity index (χ3n) is 13.3. The Morgan fingerprint density at radius 2 is 0.916 bits per heavy atom. The highest BCUT2D eigenvalue weighted by Gasteiger charge is 2.57. The van der Waals surface area contributed by atoms with Crippen molar-refractivity contribution in [2.45, 2.75) is 198 Å². The lowest BCUT2D eigenvalue weighted by molar-refractivity contribution is -0.328. The molecule has 3 aromatic rings. The highest BCUT2D eigenvalue weighted by molar-refractivity contribution is 7.99. The number of carbonyl (C=O) groups is 8. The van der Waals surface area contributed by atoms with Crippen LogP contribution in [0.25, 0.3) is 0 Å². The summed E-state index contributed by atoms with van der Waals surface area (Å²) < 4.78 is 82.0. The molecule has 3 aromatic carbocycles. The Balaban J connectivity index is 1.56. The average molecular weight is 1180 g/mol. The number of esters is 6. The number of rotatable bonds is 23. The minimum Gasteiger partial charge on any atom is -0.463 e. The topological polar surface area (TPSA) is 281 Å². The summed E-state index contributed by atoms with van der Waals surface area (Å²) in [6.07, 6.45) is -16.5. The Morgan fingerprint density at radius 3 is 1.36 bits per heavy atom. The number of thioether (sulfide) groups is 1. The van der Waals surface area contributed by atoms with Gasteiger partial charge in [0.25, 0.3) is 0 Å². The molecule has 0 bridgehead atoms. The van der Waals surface area contributed by atoms with Crippen LogP contribution < -0.4 is 10.6 Å². The van der Waals surface area contributed by atoms with Crippen molar-refractivity contribution < 1.29 is 99.9 Å². The number of hydrogen-bond donors (Lipinski definition) is 2. The second-order valence-electron chi connectivity index (χ2n) is 21.3. The van der Waals surface area contributed by atoms with Crippen LogP contribution in [0.2, 0.25) is 0 Å². The standard InChI is InChI=1S/C59H76N2O21S/c1-31-23-24-42(59(10,11)12)25-46(31)83-58-55(82-57-48(61-33(3)63)53(78-39(9)69)51(76-37(7)67)45(80-57)29-71-35(5)65)54(73-27-41-21-17-14-18-22-41)49(72-26-40-19-15-13-16-20-40)43(81-58)30-74-56-47(60-32(2)62)52(77-38(8)68)50(75-36(6)66)44(79-56)28-70-34(4)64/h13-25,43-45,47-58H,26-30H2,1-12H3,(H,60,62)(H,61,63)/t43-,44-,45-,47-,48-,49-,50-,51-,52-,53-,54+,55+,56-,57+,58-/m1/s1. The Morgan fingerprint density at radius 1 is 0.482 bits per heavy atom. The van der Waals surface area contributed by atoms with Gasteiger partial charge in [0, 0.05) is 60.3 Å². The highest BCUT2D eigenvalue weighted by atomic mass is 32.2. The molecule has 3 saturated heterocycles. The lowest BCUT2D eigenvalue weighted by Gasteiger charge is -2.50. The van der Waals surface area contributed by atoms with Crippen LogP contribution in [0.1, 0.15) is 98.4 Å². The first kappa shape index (κ1) is 65.6. The van der Waals surface area contributed by atoms with E-state index in [0.717, 1.165) is 54.8 Å². The molecule has 0 radical (unpaired) electrons. The van der Waals surface area contributed by atoms with Crippen molar-refractivity contribution in [1.29, 1.82) is 0 Å². The monoisotopic (exact) mass is 1180 g/mol. The zero-order valence-electron chi connectivity index (χ0n) is 48.7. The molecule has 0 unspecified atom stereocenters. The molecular formula is C59H76N2O21S. The van der Waals surface area contributed by atoms with Gasteiger partial charge in [0.05, 0.1) is 19.8 Å². The largest absolute Gasteiger partial charge is 0.463 e. The maximum Gasteiger partial charge on any atom is 0.303 e. The maximum atomic E-state index is 13.3. The van der Waals surface area contributed by atoms with Gasteiger partial charge >= 0.3 is 35.8 Å². The van der Waals surface area contributed by atoms with E-state index in [4.69, 9.17) is 61.6 Å². The zero-order chi connectivity index (χ0) is 60.7. The van der Waals surface area contributed by atoms with Gasteiger partial charge in [-0.1, -0.05) is 105 Å². The van der Waals surface area contributed by atoms with Crippen molar-refractivity contribution in [2.75, 3.05) is 19.8 Å². The minimum atomic E-state index is -1.62. The fraction of sp³-hybridized carbons (Fsp3) is 0.559. The van der Waals surface area contributed by atoms with E-state index in [0.29, 0.717) is 0 Å². The molecule has 23 nitrogen and oxygen atoms in total. The summed E-state index contributed by atoms with van der Waals surface area (Å²) in [7, 11) is 0. The van der Waals surface area contributed by atoms with Gasteiger partial charge in [-0.05, 0) is 40.7 Å². The van der Waals surface area contributed by atoms with Crippen molar-refractivity contribution in [3.05, 3.63) is 101 Å². The second-order valence-corrected chi connectivity index (χ2v) is 22.4. The van der Waals surface area contributed by atoms with Crippen LogP contribution in [0.5, 0.6) is 0 Å². The van der Waals surface area contributed by atoms with Crippen LogP contribution >= 0.6 is 11.8 Å². The third-order valence-corrected chi connectivity index (χ3v) is 14.6. The van der Waals surface area contributed by atoms with Crippen molar-refractivity contribution in [2.24, 2.45) is 0 Å². The first-order valence-corrected chi connectivity index (χ1v) is 28.0. The number of benzene rings is 3. The van der Waals surface area contributed by atoms with Gasteiger partial charge in [0.1, 0.15) is 67.4 Å². The lowest BCUT2D eigenvalue weighted by atomic mass is 9.87. The van der Waals surface area contributed by atoms with E-state index in [-0.39, 0.29) is 18.6 Å². The van der Waals surface area contributed by atoms with E-state index in [2.05, 4.69) is 31.4 Å². The number of amides is 2. The third kappa shape index (κ3) is 19.3. The van der Waals surface area contributed by atoms with E-state index in [1.807, 2.05) is 85.8 Å². The number of ether oxygens (including phenoxy) is 13. The van der Waals surface area contributed by atoms with E-state index in [9.17, 15) is 38.4 Å². The van der Waals surface area contributed by atoms with Gasteiger partial charge in [0.15, 0.2) is 37.0 Å². The molecule has 3 heterocycles. The molecule has 15 atom stereocenters. The summed E-state index contributed by atoms with van der Waals surface area (Å²) in [6.45, 7) is 15.9. The molecule has 3 fully saturated rings. The molecule has 3 aliphatic heterocycles. The van der Waals surface area contributed by atoms with Gasteiger partial charge < -0.3 is 72.2 Å². The number of carbonyl (C=O) groups excluding carboxylic acids is 8. The van der Waals surface area contributed by atoms with Crippen LogP contribution in [-0.2, 0) is 119 Å². The maximum absolute atomic E-state index is 13.3. The summed E-state index contributed by atoms with van der Waals surface area (Å²) in [5.74, 6) is -5.85. The summed E-state index contributed by atoms with van der Waals surface area (Å²) in [5.41, 5.74) is 1.83. The van der Waals surface area contributed by atoms with Crippen LogP contribution in [0, 0.1) is 6.92 Å². The predicted octanol–water partition coefficient (Wildman–Crippen LogP) is 4.99. The Hall–Kier alpha value is -6.51. The highest BCUT2D eigenvalue weighted by Crippen LogP contribution is 2.43. The Bertz CT molecular complexity index is 2710. The molecule has 454 valence electrons. The molecule has 83 heavy (non-hydrogen) atoms. The van der Waals surface area contributed by atoms with E-state index in [1.165, 1.54) is 39.5 Å². The van der Waals surface area contributed by atoms with Gasteiger partial charge in [0.2, 0.25) is 11.8 Å². The second kappa shape index (κ2) is 30.3. The quantitative estimate of drug-likeness (QED) is 0.0934. The SMILES string of the molecule is CC(=O)N[C@H]1[C@H](OC[C@H]2O[C@H](Sc3cc(C(C)(C)C)ccc3C)[C@@H](O[C@@H]3O[C@H](COC(C)=O)[C@@H](OC(C)=O)[C@H](OC(C)=O)[C@H]3NC(C)=O)[C@@H](OCc3ccccc3)[C@@H]2OCc2ccccc2)O[C@H](COC(C)=O)[C@@H](OC(C)=O)[C@@H]1OC(C)=O. The Kier molecular flexibility index (Phi) is 24.0. The van der Waals surface area contributed by atoms with Crippen LogP contribution in [0.3, 0.4) is 0 Å². The van der Waals surface area contributed by atoms with Crippen LogP contribution in [0.15, 0.2) is 83.8 Å². The van der Waals surface area contributed by atoms with Crippen molar-refractivity contribution >= 4 is 59.4 Å². The van der Waals surface area contributed by atoms with Crippen LogP contribution in [-0.4, -0.2) is 159 Å². The van der Waals surface area contributed by atoms with Crippen LogP contribution in [0.4, 0.5) is 0 Å². The predicted molar refractivity (Wildman–Crippen MR) is 293 cm³/mol. The molecule has 6 rings (SSSR count). The molecule has 0 aromatic heterocycles. The average Bonchev–Trinajstić information content (AvgIpc) is 3.02. The van der Waals surface area contributed by atoms with E-state index < -0.39 is 159 Å². The Labute approximate surface area is 486 Å². The fourth-order valence-electron chi connectivity index (χ4n) is 9.68. The molecule has 0 aliphatic carbocycles. The van der Waals surface area contributed by atoms with Gasteiger partial charge in [-0.2, -0.15) is 0 Å². The van der Waals surface area contributed by atoms with Crippen molar-refractivity contribution in [3.63, 3.8) is 0 Å². The first-order valence-electron chi connectivity index (χ1n) is 27.1. The normalized spacial score (nSPS) is 27.9. The molecule has 3 aliphatic rings. The summed E-state index contributed by atoms with van der Waals surface area (Å²) in [4.78, 5) is 103. The van der Waals surface area contributed by atoms with Gasteiger partial charge in [-0.25, -0.2) is 0 Å². The smallest absolute Gasteiger partial charge is 0.303 e. The molecule has 2 amide bonds. The number of aryl methyl sites for hydroxylation is 1. The van der Waals surface area contributed by atoms with Crippen molar-refractivity contribution in [1.82, 2.24) is 10.6 Å². The number of hydrogen-bond acceptors (Lipinski definition) is 22. The minimum absolute atomic E-state index is 0.0389. The molecule has 0 saturated carbocycles. The zero-order valence-corrected chi connectivity index (χ0v) is 49.5. The first-order chi connectivity index (χ1) is 39.3. The summed E-state index contributed by atoms with van der Waals surface area (Å²) >= 11 is 1.26. The molecule has 24 heteroatoms.